The van der Waals surface area contributed by atoms with Gasteiger partial charge in [0.25, 0.3) is 0 Å². The molecule has 1 amide bonds. The number of esters is 1. The van der Waals surface area contributed by atoms with Crippen molar-refractivity contribution in [2.75, 3.05) is 12.8 Å². The minimum absolute atomic E-state index is 0.143. The number of imidazole rings is 1. The Morgan fingerprint density at radius 3 is 2.68 bits per heavy atom. The third kappa shape index (κ3) is 4.69. The van der Waals surface area contributed by atoms with Crippen molar-refractivity contribution in [2.45, 2.75) is 45.3 Å². The smallest absolute Gasteiger partial charge is 0.408 e. The molecule has 0 bridgehead atoms. The van der Waals surface area contributed by atoms with Crippen LogP contribution >= 0.6 is 0 Å². The molecule has 3 N–H and O–H groups in total. The van der Waals surface area contributed by atoms with Gasteiger partial charge in [0.2, 0.25) is 0 Å². The number of carbonyl (C=O) groups is 2. The zero-order valence-corrected chi connectivity index (χ0v) is 21.1. The first-order valence-corrected chi connectivity index (χ1v) is 12.0. The van der Waals surface area contributed by atoms with Crippen LogP contribution in [0.5, 0.6) is 0 Å². The number of nitrogens with zero attached hydrogens (tertiary/aromatic N) is 4. The van der Waals surface area contributed by atoms with E-state index in [9.17, 15) is 9.59 Å². The fourth-order valence-electron chi connectivity index (χ4n) is 4.55. The maximum atomic E-state index is 12.4. The van der Waals surface area contributed by atoms with Gasteiger partial charge in [0, 0.05) is 11.9 Å². The number of hydrogen-bond acceptors (Lipinski definition) is 8. The number of carbonyl (C=O) groups excluding carboxylic acids is 2. The van der Waals surface area contributed by atoms with E-state index in [4.69, 9.17) is 20.2 Å². The molecule has 0 aliphatic heterocycles. The molecule has 5 rings (SSSR count). The van der Waals surface area contributed by atoms with Crippen LogP contribution in [0.15, 0.2) is 48.7 Å². The molecular weight excluding hydrogens is 472 g/mol. The van der Waals surface area contributed by atoms with Crippen LogP contribution in [-0.2, 0) is 15.9 Å². The Balaban J connectivity index is 1.60. The average molecular weight is 501 g/mol. The Labute approximate surface area is 213 Å². The first-order valence-electron chi connectivity index (χ1n) is 12.0. The second-order valence-electron chi connectivity index (χ2n) is 9.86. The van der Waals surface area contributed by atoms with Crippen LogP contribution < -0.4 is 11.1 Å². The average Bonchev–Trinajstić information content (AvgIpc) is 3.43. The Hall–Kier alpha value is -4.47. The van der Waals surface area contributed by atoms with Crippen molar-refractivity contribution < 1.29 is 19.1 Å². The lowest BCUT2D eigenvalue weighted by atomic mass is 10.1. The number of nitrogens with one attached hydrogen (secondary N) is 1. The summed E-state index contributed by atoms with van der Waals surface area (Å²) in [5, 5.41) is 2.98. The van der Waals surface area contributed by atoms with Crippen molar-refractivity contribution in [3.63, 3.8) is 0 Å². The van der Waals surface area contributed by atoms with Crippen LogP contribution in [0.3, 0.4) is 0 Å². The predicted octanol–water partition coefficient (Wildman–Crippen LogP) is 4.36. The molecule has 1 aliphatic rings. The fraction of sp³-hybridized carbons (Fsp3) is 0.296. The van der Waals surface area contributed by atoms with Gasteiger partial charge in [0.15, 0.2) is 17.2 Å². The first-order chi connectivity index (χ1) is 17.6. The number of fused-ring (bicyclic) bond motifs is 2. The lowest BCUT2D eigenvalue weighted by Gasteiger charge is -2.22. The number of nitrogens with two attached hydrogens (primary N) is 1. The van der Waals surface area contributed by atoms with Crippen molar-refractivity contribution in [2.24, 2.45) is 0 Å². The maximum Gasteiger partial charge on any atom is 0.408 e. The molecule has 0 radical (unpaired) electrons. The number of hydrogen-bond donors (Lipinski definition) is 2. The van der Waals surface area contributed by atoms with Gasteiger partial charge in [0.05, 0.1) is 18.7 Å². The molecule has 0 fully saturated rings. The van der Waals surface area contributed by atoms with E-state index in [2.05, 4.69) is 21.4 Å². The lowest BCUT2D eigenvalue weighted by Crippen LogP contribution is -2.34. The third-order valence-electron chi connectivity index (χ3n) is 6.13. The van der Waals surface area contributed by atoms with Gasteiger partial charge in [-0.15, -0.1) is 0 Å². The summed E-state index contributed by atoms with van der Waals surface area (Å²) >= 11 is 0. The van der Waals surface area contributed by atoms with Gasteiger partial charge in [-0.05, 0) is 81.1 Å². The third-order valence-corrected chi connectivity index (χ3v) is 6.13. The Morgan fingerprint density at radius 2 is 1.95 bits per heavy atom. The largest absolute Gasteiger partial charge is 0.464 e. The Kier molecular flexibility index (Phi) is 6.02. The summed E-state index contributed by atoms with van der Waals surface area (Å²) in [6.07, 6.45) is 2.72. The van der Waals surface area contributed by atoms with Crippen LogP contribution in [0.1, 0.15) is 54.8 Å². The van der Waals surface area contributed by atoms with Crippen LogP contribution in [0.4, 0.5) is 10.6 Å². The Morgan fingerprint density at radius 1 is 1.14 bits per heavy atom. The minimum atomic E-state index is -0.571. The lowest BCUT2D eigenvalue weighted by molar-refractivity contribution is 0.0502. The molecule has 10 heteroatoms. The summed E-state index contributed by atoms with van der Waals surface area (Å²) in [6.45, 7) is 5.51. The van der Waals surface area contributed by atoms with Crippen molar-refractivity contribution >= 4 is 29.0 Å². The quantitative estimate of drug-likeness (QED) is 0.395. The number of amides is 1. The van der Waals surface area contributed by atoms with Crippen LogP contribution in [0.25, 0.3) is 28.2 Å². The molecule has 3 heterocycles. The van der Waals surface area contributed by atoms with Crippen LogP contribution in [-0.4, -0.2) is 44.3 Å². The molecule has 1 aromatic carbocycles. The summed E-state index contributed by atoms with van der Waals surface area (Å²) in [5.74, 6) is 0.341. The summed E-state index contributed by atoms with van der Waals surface area (Å²) in [5.41, 5.74) is 10.5. The van der Waals surface area contributed by atoms with Crippen molar-refractivity contribution in [3.8, 4) is 17.1 Å². The summed E-state index contributed by atoms with van der Waals surface area (Å²) < 4.78 is 12.2. The van der Waals surface area contributed by atoms with E-state index in [0.29, 0.717) is 28.4 Å². The molecule has 1 atom stereocenters. The zero-order valence-electron chi connectivity index (χ0n) is 21.1. The van der Waals surface area contributed by atoms with E-state index in [1.165, 1.54) is 7.11 Å². The van der Waals surface area contributed by atoms with Gasteiger partial charge in [-0.3, -0.25) is 4.57 Å². The highest BCUT2D eigenvalue weighted by atomic mass is 16.6. The molecule has 4 aromatic rings. The second kappa shape index (κ2) is 9.20. The normalized spacial score (nSPS) is 14.9. The van der Waals surface area contributed by atoms with E-state index in [-0.39, 0.29) is 11.7 Å². The molecule has 0 unspecified atom stereocenters. The summed E-state index contributed by atoms with van der Waals surface area (Å²) in [4.78, 5) is 38.1. The van der Waals surface area contributed by atoms with E-state index < -0.39 is 17.7 Å². The number of aromatic nitrogens is 4. The minimum Gasteiger partial charge on any atom is -0.464 e. The van der Waals surface area contributed by atoms with E-state index in [1.54, 1.807) is 24.4 Å². The van der Waals surface area contributed by atoms with E-state index in [0.717, 1.165) is 29.7 Å². The fourth-order valence-corrected chi connectivity index (χ4v) is 4.55. The number of ether oxygens (including phenoxy) is 2. The van der Waals surface area contributed by atoms with Crippen LogP contribution in [0, 0.1) is 0 Å². The highest BCUT2D eigenvalue weighted by Gasteiger charge is 2.28. The number of pyridine rings is 2. The van der Waals surface area contributed by atoms with Gasteiger partial charge in [0.1, 0.15) is 16.9 Å². The van der Waals surface area contributed by atoms with E-state index in [1.807, 2.05) is 43.5 Å². The number of nitrogen functional groups attached to an aromatic ring is 1. The topological polar surface area (TPSA) is 134 Å². The van der Waals surface area contributed by atoms with E-state index >= 15 is 0 Å². The standard InChI is InChI=1S/C27H28N6O4/c1-27(2,3)37-26(35)32-19-10-7-15-14-16(8-9-17(15)19)33-23(18-6-5-13-29-22(18)28)30-20-11-12-21(25(34)36-4)31-24(20)33/h5-6,8-9,11-14,19H,7,10H2,1-4H3,(H2,28,29)(H,32,35)/t19-/m0/s1. The van der Waals surface area contributed by atoms with Crippen LogP contribution in [0.2, 0.25) is 0 Å². The number of anilines is 1. The zero-order chi connectivity index (χ0) is 26.3. The second-order valence-corrected chi connectivity index (χ2v) is 9.86. The number of alkyl carbamates (subject to hydrolysis) is 1. The summed E-state index contributed by atoms with van der Waals surface area (Å²) in [7, 11) is 1.31. The predicted molar refractivity (Wildman–Crippen MR) is 138 cm³/mol. The highest BCUT2D eigenvalue weighted by Crippen LogP contribution is 2.36. The number of rotatable bonds is 4. The number of aryl methyl sites for hydroxylation is 1. The molecular formula is C27H28N6O4. The number of methoxy groups -OCH3 is 1. The van der Waals surface area contributed by atoms with Gasteiger partial charge >= 0.3 is 12.1 Å². The first kappa shape index (κ1) is 24.2. The molecule has 0 saturated carbocycles. The molecule has 0 saturated heterocycles. The molecule has 3 aromatic heterocycles. The van der Waals surface area contributed by atoms with Crippen molar-refractivity contribution in [3.05, 3.63) is 65.5 Å². The molecule has 0 spiro atoms. The van der Waals surface area contributed by atoms with Gasteiger partial charge in [-0.25, -0.2) is 24.5 Å². The van der Waals surface area contributed by atoms with Crippen molar-refractivity contribution in [1.29, 1.82) is 0 Å². The van der Waals surface area contributed by atoms with Crippen molar-refractivity contribution in [1.82, 2.24) is 24.8 Å². The number of benzene rings is 1. The SMILES string of the molecule is COC(=O)c1ccc2nc(-c3cccnc3N)n(-c3ccc4c(c3)CC[C@@H]4NC(=O)OC(C)(C)C)c2n1. The monoisotopic (exact) mass is 500 g/mol. The molecule has 1 aliphatic carbocycles. The molecule has 10 nitrogen and oxygen atoms in total. The Bertz CT molecular complexity index is 1520. The van der Waals surface area contributed by atoms with Gasteiger partial charge in [-0.2, -0.15) is 0 Å². The van der Waals surface area contributed by atoms with Gasteiger partial charge < -0.3 is 20.5 Å². The molecule has 37 heavy (non-hydrogen) atoms. The molecule has 190 valence electrons. The highest BCUT2D eigenvalue weighted by molar-refractivity contribution is 5.91. The maximum absolute atomic E-state index is 12.4. The van der Waals surface area contributed by atoms with Gasteiger partial charge in [-0.1, -0.05) is 6.07 Å². The summed E-state index contributed by atoms with van der Waals surface area (Å²) in [6, 6.07) is 12.8.